The number of methoxy groups -OCH3 is 1. The van der Waals surface area contributed by atoms with Crippen LogP contribution in [-0.2, 0) is 9.59 Å². The number of likely N-dealkylation sites (N-methyl/N-ethyl adjacent to an activating group) is 1. The van der Waals surface area contributed by atoms with Crippen molar-refractivity contribution in [3.05, 3.63) is 70.8 Å². The minimum atomic E-state index is -0.653. The largest absolute Gasteiger partial charge is 0.507 e. The van der Waals surface area contributed by atoms with Gasteiger partial charge in [-0.2, -0.15) is 0 Å². The van der Waals surface area contributed by atoms with Gasteiger partial charge in [0.05, 0.1) is 18.7 Å². The third kappa shape index (κ3) is 4.49. The first kappa shape index (κ1) is 22.6. The van der Waals surface area contributed by atoms with Crippen LogP contribution < -0.4 is 4.74 Å². The standard InChI is InChI=1S/C25H30N2O4/c1-5-26(6-2)14-15-27-22(18-10-8-7-9-11-18)21(24(29)25(27)30)23(28)19-12-13-20(31-4)17(3)16-19/h7-13,16,22,28H,5-6,14-15H2,1-4H3/t22-/m1/s1. The second-order valence-corrected chi connectivity index (χ2v) is 7.61. The smallest absolute Gasteiger partial charge is 0.295 e. The molecular weight excluding hydrogens is 392 g/mol. The van der Waals surface area contributed by atoms with Crippen LogP contribution >= 0.6 is 0 Å². The number of aliphatic hydroxyl groups excluding tert-OH is 1. The molecule has 31 heavy (non-hydrogen) atoms. The lowest BCUT2D eigenvalue weighted by atomic mass is 9.95. The van der Waals surface area contributed by atoms with Crippen molar-refractivity contribution in [3.63, 3.8) is 0 Å². The van der Waals surface area contributed by atoms with Crippen LogP contribution in [0.25, 0.3) is 5.76 Å². The third-order valence-corrected chi connectivity index (χ3v) is 5.88. The van der Waals surface area contributed by atoms with E-state index < -0.39 is 17.7 Å². The Labute approximate surface area is 183 Å². The highest BCUT2D eigenvalue weighted by Gasteiger charge is 2.45. The van der Waals surface area contributed by atoms with Crippen molar-refractivity contribution in [1.82, 2.24) is 9.80 Å². The highest BCUT2D eigenvalue weighted by atomic mass is 16.5. The molecule has 1 fully saturated rings. The van der Waals surface area contributed by atoms with Crippen LogP contribution in [0.3, 0.4) is 0 Å². The Bertz CT molecular complexity index is 980. The van der Waals surface area contributed by atoms with Crippen LogP contribution in [0.4, 0.5) is 0 Å². The Hall–Kier alpha value is -3.12. The summed E-state index contributed by atoms with van der Waals surface area (Å²) in [5, 5.41) is 11.1. The van der Waals surface area contributed by atoms with Gasteiger partial charge in [-0.3, -0.25) is 9.59 Å². The summed E-state index contributed by atoms with van der Waals surface area (Å²) >= 11 is 0. The van der Waals surface area contributed by atoms with Gasteiger partial charge in [0.15, 0.2) is 0 Å². The van der Waals surface area contributed by atoms with Crippen LogP contribution in [0.1, 0.15) is 36.6 Å². The number of carbonyl (C=O) groups is 2. The number of likely N-dealkylation sites (tertiary alicyclic amines) is 1. The Morgan fingerprint density at radius 2 is 1.77 bits per heavy atom. The fourth-order valence-corrected chi connectivity index (χ4v) is 4.06. The Morgan fingerprint density at radius 3 is 2.35 bits per heavy atom. The van der Waals surface area contributed by atoms with E-state index in [1.54, 1.807) is 30.2 Å². The molecule has 1 saturated heterocycles. The number of amides is 1. The van der Waals surface area contributed by atoms with Crippen molar-refractivity contribution in [1.29, 1.82) is 0 Å². The van der Waals surface area contributed by atoms with Crippen LogP contribution in [-0.4, -0.2) is 59.9 Å². The molecule has 0 spiro atoms. The number of aryl methyl sites for hydroxylation is 1. The van der Waals surface area contributed by atoms with Gasteiger partial charge < -0.3 is 19.6 Å². The van der Waals surface area contributed by atoms with Gasteiger partial charge in [0.1, 0.15) is 11.5 Å². The van der Waals surface area contributed by atoms with Crippen molar-refractivity contribution < 1.29 is 19.4 Å². The number of nitrogens with zero attached hydrogens (tertiary/aromatic N) is 2. The van der Waals surface area contributed by atoms with Crippen molar-refractivity contribution >= 4 is 17.4 Å². The molecule has 0 bridgehead atoms. The lowest BCUT2D eigenvalue weighted by molar-refractivity contribution is -0.140. The summed E-state index contributed by atoms with van der Waals surface area (Å²) in [6.07, 6.45) is 0. The highest BCUT2D eigenvalue weighted by Crippen LogP contribution is 2.39. The lowest BCUT2D eigenvalue weighted by Crippen LogP contribution is -2.38. The summed E-state index contributed by atoms with van der Waals surface area (Å²) in [5.74, 6) is -0.703. The van der Waals surface area contributed by atoms with Crippen LogP contribution in [0.15, 0.2) is 54.1 Å². The van der Waals surface area contributed by atoms with E-state index in [1.807, 2.05) is 37.3 Å². The molecule has 1 aliphatic rings. The number of ether oxygens (including phenoxy) is 1. The summed E-state index contributed by atoms with van der Waals surface area (Å²) in [6.45, 7) is 8.79. The quantitative estimate of drug-likeness (QED) is 0.398. The number of Topliss-reactive ketones (excluding diaryl/α,β-unsaturated/α-hetero) is 1. The molecule has 0 saturated carbocycles. The molecule has 164 valence electrons. The van der Waals surface area contributed by atoms with Gasteiger partial charge in [0.2, 0.25) is 0 Å². The maximum atomic E-state index is 13.1. The fraction of sp³-hybridized carbons (Fsp3) is 0.360. The molecule has 1 atom stereocenters. The maximum Gasteiger partial charge on any atom is 0.295 e. The zero-order valence-corrected chi connectivity index (χ0v) is 18.6. The topological polar surface area (TPSA) is 70.1 Å². The molecule has 0 aliphatic carbocycles. The fourth-order valence-electron chi connectivity index (χ4n) is 4.06. The number of carbonyl (C=O) groups excluding carboxylic acids is 2. The summed E-state index contributed by atoms with van der Waals surface area (Å²) < 4.78 is 5.29. The molecule has 2 aromatic carbocycles. The lowest BCUT2D eigenvalue weighted by Gasteiger charge is -2.28. The third-order valence-electron chi connectivity index (χ3n) is 5.88. The molecule has 1 N–H and O–H groups in total. The van der Waals surface area contributed by atoms with Gasteiger partial charge in [0.25, 0.3) is 11.7 Å². The predicted octanol–water partition coefficient (Wildman–Crippen LogP) is 3.77. The first-order valence-corrected chi connectivity index (χ1v) is 10.6. The number of hydrogen-bond donors (Lipinski definition) is 1. The van der Waals surface area contributed by atoms with E-state index >= 15 is 0 Å². The zero-order chi connectivity index (χ0) is 22.5. The monoisotopic (exact) mass is 422 g/mol. The summed E-state index contributed by atoms with van der Waals surface area (Å²) in [5.41, 5.74) is 2.24. The zero-order valence-electron chi connectivity index (χ0n) is 18.6. The first-order chi connectivity index (χ1) is 14.9. The molecule has 0 aromatic heterocycles. The Balaban J connectivity index is 2.08. The maximum absolute atomic E-state index is 13.1. The minimum Gasteiger partial charge on any atom is -0.507 e. The van der Waals surface area contributed by atoms with Gasteiger partial charge in [-0.15, -0.1) is 0 Å². The van der Waals surface area contributed by atoms with Crippen LogP contribution in [0.2, 0.25) is 0 Å². The number of hydrogen-bond acceptors (Lipinski definition) is 5. The molecule has 3 rings (SSSR count). The van der Waals surface area contributed by atoms with Crippen molar-refractivity contribution in [2.24, 2.45) is 0 Å². The van der Waals surface area contributed by atoms with E-state index in [9.17, 15) is 14.7 Å². The molecule has 0 radical (unpaired) electrons. The van der Waals surface area contributed by atoms with E-state index in [4.69, 9.17) is 4.74 Å². The predicted molar refractivity (Wildman–Crippen MR) is 121 cm³/mol. The minimum absolute atomic E-state index is 0.125. The van der Waals surface area contributed by atoms with Gasteiger partial charge in [-0.1, -0.05) is 44.2 Å². The molecule has 6 nitrogen and oxygen atoms in total. The molecule has 6 heteroatoms. The Kier molecular flexibility index (Phi) is 7.13. The summed E-state index contributed by atoms with van der Waals surface area (Å²) in [4.78, 5) is 29.8. The molecular formula is C25H30N2O4. The van der Waals surface area contributed by atoms with E-state index in [0.29, 0.717) is 24.4 Å². The molecule has 2 aromatic rings. The number of ketones is 1. The average molecular weight is 423 g/mol. The van der Waals surface area contributed by atoms with E-state index in [1.165, 1.54) is 0 Å². The van der Waals surface area contributed by atoms with Gasteiger partial charge in [-0.25, -0.2) is 0 Å². The van der Waals surface area contributed by atoms with E-state index in [2.05, 4.69) is 18.7 Å². The summed E-state index contributed by atoms with van der Waals surface area (Å²) in [6, 6.07) is 14.0. The molecule has 1 aliphatic heterocycles. The summed E-state index contributed by atoms with van der Waals surface area (Å²) in [7, 11) is 1.58. The Morgan fingerprint density at radius 1 is 1.10 bits per heavy atom. The SMILES string of the molecule is CCN(CC)CCN1C(=O)C(=O)C(=C(O)c2ccc(OC)c(C)c2)[C@H]1c1ccccc1. The van der Waals surface area contributed by atoms with Crippen molar-refractivity contribution in [2.45, 2.75) is 26.8 Å². The first-order valence-electron chi connectivity index (χ1n) is 10.6. The highest BCUT2D eigenvalue weighted by molar-refractivity contribution is 6.46. The second-order valence-electron chi connectivity index (χ2n) is 7.61. The molecule has 1 amide bonds. The van der Waals surface area contributed by atoms with E-state index in [-0.39, 0.29) is 11.3 Å². The van der Waals surface area contributed by atoms with Crippen molar-refractivity contribution in [3.8, 4) is 5.75 Å². The normalized spacial score (nSPS) is 18.1. The number of benzene rings is 2. The number of rotatable bonds is 8. The molecule has 1 heterocycles. The average Bonchev–Trinajstić information content (AvgIpc) is 3.04. The van der Waals surface area contributed by atoms with Crippen LogP contribution in [0.5, 0.6) is 5.75 Å². The van der Waals surface area contributed by atoms with Gasteiger partial charge >= 0.3 is 0 Å². The van der Waals surface area contributed by atoms with Crippen LogP contribution in [0, 0.1) is 6.92 Å². The molecule has 0 unspecified atom stereocenters. The van der Waals surface area contributed by atoms with E-state index in [0.717, 1.165) is 24.2 Å². The van der Waals surface area contributed by atoms with Gasteiger partial charge in [0, 0.05) is 18.7 Å². The number of aliphatic hydroxyl groups is 1. The van der Waals surface area contributed by atoms with Gasteiger partial charge in [-0.05, 0) is 49.3 Å². The van der Waals surface area contributed by atoms with Crippen molar-refractivity contribution in [2.75, 3.05) is 33.3 Å². The second kappa shape index (κ2) is 9.79.